The Labute approximate surface area is 171 Å². The van der Waals surface area contributed by atoms with Crippen LogP contribution < -0.4 is 15.4 Å². The van der Waals surface area contributed by atoms with E-state index in [1.807, 2.05) is 48.5 Å². The van der Waals surface area contributed by atoms with Gasteiger partial charge in [0, 0.05) is 15.6 Å². The first kappa shape index (κ1) is 19.1. The van der Waals surface area contributed by atoms with Crippen molar-refractivity contribution in [3.63, 3.8) is 0 Å². The molecule has 0 bridgehead atoms. The summed E-state index contributed by atoms with van der Waals surface area (Å²) in [6.07, 6.45) is 0. The second kappa shape index (κ2) is 8.33. The molecule has 1 aliphatic rings. The highest BCUT2D eigenvalue weighted by Crippen LogP contribution is 2.37. The van der Waals surface area contributed by atoms with Crippen molar-refractivity contribution in [3.8, 4) is 11.8 Å². The van der Waals surface area contributed by atoms with Crippen LogP contribution in [0.15, 0.2) is 58.6 Å². The maximum Gasteiger partial charge on any atom is 0.174 e. The molecule has 0 aliphatic carbocycles. The van der Waals surface area contributed by atoms with Crippen molar-refractivity contribution >= 4 is 44.7 Å². The van der Waals surface area contributed by atoms with Crippen LogP contribution in [0.5, 0.6) is 5.75 Å². The summed E-state index contributed by atoms with van der Waals surface area (Å²) in [5.74, 6) is 0.431. The van der Waals surface area contributed by atoms with Gasteiger partial charge in [-0.1, -0.05) is 46.3 Å². The highest BCUT2D eigenvalue weighted by atomic mass is 79.9. The van der Waals surface area contributed by atoms with Crippen molar-refractivity contribution in [2.24, 2.45) is 0 Å². The molecular weight excluding hydrogens is 426 g/mol. The van der Waals surface area contributed by atoms with E-state index < -0.39 is 6.04 Å². The molecular formula is C20H16BrN3O2S. The number of carbonyl (C=O) groups excluding carboxylic acids is 1. The summed E-state index contributed by atoms with van der Waals surface area (Å²) in [5.41, 5.74) is 2.81. The van der Waals surface area contributed by atoms with Gasteiger partial charge in [0.2, 0.25) is 0 Å². The van der Waals surface area contributed by atoms with E-state index in [-0.39, 0.29) is 12.4 Å². The lowest BCUT2D eigenvalue weighted by Gasteiger charge is -2.32. The Morgan fingerprint density at radius 3 is 2.70 bits per heavy atom. The van der Waals surface area contributed by atoms with Gasteiger partial charge in [-0.15, -0.1) is 0 Å². The Balaban J connectivity index is 2.19. The van der Waals surface area contributed by atoms with Crippen LogP contribution in [-0.2, 0) is 4.79 Å². The van der Waals surface area contributed by atoms with Crippen LogP contribution >= 0.6 is 28.1 Å². The zero-order chi connectivity index (χ0) is 19.4. The molecule has 27 heavy (non-hydrogen) atoms. The van der Waals surface area contributed by atoms with Gasteiger partial charge in [0.1, 0.15) is 11.8 Å². The zero-order valence-electron chi connectivity index (χ0n) is 14.5. The Morgan fingerprint density at radius 1 is 1.30 bits per heavy atom. The second-order valence-electron chi connectivity index (χ2n) is 5.87. The third-order valence-corrected chi connectivity index (χ3v) is 4.80. The summed E-state index contributed by atoms with van der Waals surface area (Å²) in [6.45, 7) is 1.44. The number of nitrogens with zero attached hydrogens (tertiary/aromatic N) is 1. The number of hydrogen-bond acceptors (Lipinski definition) is 4. The van der Waals surface area contributed by atoms with Crippen molar-refractivity contribution in [2.75, 3.05) is 6.61 Å². The van der Waals surface area contributed by atoms with Gasteiger partial charge in [-0.05, 0) is 42.9 Å². The van der Waals surface area contributed by atoms with Crippen LogP contribution in [-0.4, -0.2) is 17.5 Å². The van der Waals surface area contributed by atoms with Gasteiger partial charge >= 0.3 is 0 Å². The van der Waals surface area contributed by atoms with Crippen molar-refractivity contribution in [1.82, 2.24) is 10.6 Å². The van der Waals surface area contributed by atoms with Gasteiger partial charge in [0.15, 0.2) is 17.5 Å². The van der Waals surface area contributed by atoms with Crippen molar-refractivity contribution < 1.29 is 9.53 Å². The largest absolute Gasteiger partial charge is 0.478 e. The molecule has 0 spiro atoms. The molecule has 0 radical (unpaired) electrons. The van der Waals surface area contributed by atoms with E-state index >= 15 is 0 Å². The van der Waals surface area contributed by atoms with Crippen LogP contribution in [0.25, 0.3) is 5.70 Å². The standard InChI is InChI=1S/C20H16BrN3O2S/c1-12(25)17-18(13-5-3-2-4-6-13)23-20(27)24-19(17)15-11-14(21)7-8-16(15)26-10-9-22/h2-8,11,19H,10H2,1H3,(H2,23,24,27)/t19-/m0/s1. The molecule has 0 fully saturated rings. The second-order valence-corrected chi connectivity index (χ2v) is 7.20. The summed E-state index contributed by atoms with van der Waals surface area (Å²) >= 11 is 8.86. The average Bonchev–Trinajstić information content (AvgIpc) is 2.66. The smallest absolute Gasteiger partial charge is 0.174 e. The maximum absolute atomic E-state index is 12.6. The Kier molecular flexibility index (Phi) is 5.89. The molecule has 1 aliphatic heterocycles. The number of nitrogens with one attached hydrogen (secondary N) is 2. The predicted molar refractivity (Wildman–Crippen MR) is 111 cm³/mol. The Hall–Kier alpha value is -2.69. The van der Waals surface area contributed by atoms with Gasteiger partial charge in [-0.3, -0.25) is 4.79 Å². The number of Topliss-reactive ketones (excluding diaryl/α,β-unsaturated/α-hetero) is 1. The van der Waals surface area contributed by atoms with Crippen molar-refractivity contribution in [2.45, 2.75) is 13.0 Å². The first-order chi connectivity index (χ1) is 13.0. The highest BCUT2D eigenvalue weighted by Gasteiger charge is 2.32. The summed E-state index contributed by atoms with van der Waals surface area (Å²) in [5, 5.41) is 15.6. The fraction of sp³-hybridized carbons (Fsp3) is 0.150. The van der Waals surface area contributed by atoms with Crippen LogP contribution in [0.2, 0.25) is 0 Å². The number of ketones is 1. The Morgan fingerprint density at radius 2 is 2.04 bits per heavy atom. The van der Waals surface area contributed by atoms with Crippen molar-refractivity contribution in [1.29, 1.82) is 5.26 Å². The van der Waals surface area contributed by atoms with Gasteiger partial charge in [-0.25, -0.2) is 0 Å². The van der Waals surface area contributed by atoms with Crippen LogP contribution in [0.4, 0.5) is 0 Å². The third-order valence-electron chi connectivity index (χ3n) is 4.09. The minimum atomic E-state index is -0.502. The number of rotatable bonds is 5. The summed E-state index contributed by atoms with van der Waals surface area (Å²) < 4.78 is 6.41. The minimum Gasteiger partial charge on any atom is -0.478 e. The number of thiocarbonyl (C=S) groups is 1. The van der Waals surface area contributed by atoms with Crippen LogP contribution in [0, 0.1) is 11.3 Å². The van der Waals surface area contributed by atoms with E-state index in [0.717, 1.165) is 15.6 Å². The molecule has 0 unspecified atom stereocenters. The number of halogens is 1. The SMILES string of the molecule is CC(=O)C1=C(c2ccccc2)NC(=S)N[C@H]1c1cc(Br)ccc1OCC#N. The summed E-state index contributed by atoms with van der Waals surface area (Å²) in [4.78, 5) is 12.6. The minimum absolute atomic E-state index is 0.0886. The first-order valence-electron chi connectivity index (χ1n) is 8.18. The van der Waals surface area contributed by atoms with E-state index in [1.54, 1.807) is 6.07 Å². The molecule has 136 valence electrons. The van der Waals surface area contributed by atoms with Crippen molar-refractivity contribution in [3.05, 3.63) is 69.7 Å². The van der Waals surface area contributed by atoms with E-state index in [0.29, 0.717) is 22.1 Å². The molecule has 2 N–H and O–H groups in total. The lowest BCUT2D eigenvalue weighted by Crippen LogP contribution is -2.44. The van der Waals surface area contributed by atoms with Crippen LogP contribution in [0.3, 0.4) is 0 Å². The molecule has 0 amide bonds. The quantitative estimate of drug-likeness (QED) is 0.685. The predicted octanol–water partition coefficient (Wildman–Crippen LogP) is 3.87. The lowest BCUT2D eigenvalue weighted by molar-refractivity contribution is -0.113. The molecule has 0 saturated carbocycles. The fourth-order valence-corrected chi connectivity index (χ4v) is 3.59. The molecule has 0 aromatic heterocycles. The highest BCUT2D eigenvalue weighted by molar-refractivity contribution is 9.10. The molecule has 1 heterocycles. The number of carbonyl (C=O) groups is 1. The van der Waals surface area contributed by atoms with Gasteiger partial charge in [-0.2, -0.15) is 5.26 Å². The molecule has 2 aromatic rings. The Bertz CT molecular complexity index is 967. The van der Waals surface area contributed by atoms with Crippen LogP contribution in [0.1, 0.15) is 24.1 Å². The molecule has 3 rings (SSSR count). The molecule has 0 saturated heterocycles. The fourth-order valence-electron chi connectivity index (χ4n) is 3.00. The monoisotopic (exact) mass is 441 g/mol. The summed E-state index contributed by atoms with van der Waals surface area (Å²) in [7, 11) is 0. The molecule has 5 nitrogen and oxygen atoms in total. The summed E-state index contributed by atoms with van der Waals surface area (Å²) in [6, 6.07) is 16.5. The molecule has 2 aromatic carbocycles. The first-order valence-corrected chi connectivity index (χ1v) is 9.38. The van der Waals surface area contributed by atoms with Gasteiger partial charge in [0.05, 0.1) is 11.7 Å². The lowest BCUT2D eigenvalue weighted by atomic mass is 9.90. The number of nitriles is 1. The number of hydrogen-bond donors (Lipinski definition) is 2. The third kappa shape index (κ3) is 4.18. The van der Waals surface area contributed by atoms with Gasteiger partial charge in [0.25, 0.3) is 0 Å². The van der Waals surface area contributed by atoms with E-state index in [2.05, 4.69) is 26.6 Å². The number of ether oxygens (including phenoxy) is 1. The van der Waals surface area contributed by atoms with E-state index in [9.17, 15) is 4.79 Å². The average molecular weight is 442 g/mol. The van der Waals surface area contributed by atoms with E-state index in [4.69, 9.17) is 22.2 Å². The molecule has 7 heteroatoms. The van der Waals surface area contributed by atoms with Gasteiger partial charge < -0.3 is 15.4 Å². The number of benzene rings is 2. The topological polar surface area (TPSA) is 74.2 Å². The zero-order valence-corrected chi connectivity index (χ0v) is 16.9. The maximum atomic E-state index is 12.6. The normalized spacial score (nSPS) is 16.2. The molecule has 1 atom stereocenters. The van der Waals surface area contributed by atoms with E-state index in [1.165, 1.54) is 6.92 Å².